The lowest BCUT2D eigenvalue weighted by atomic mass is 10.3. The van der Waals surface area contributed by atoms with Crippen molar-refractivity contribution in [3.05, 3.63) is 0 Å². The highest BCUT2D eigenvalue weighted by Gasteiger charge is 2.30. The van der Waals surface area contributed by atoms with Gasteiger partial charge >= 0.3 is 0 Å². The second-order valence-corrected chi connectivity index (χ2v) is 7.27. The van der Waals surface area contributed by atoms with E-state index in [1.165, 1.54) is 0 Å². The van der Waals surface area contributed by atoms with Gasteiger partial charge in [0.25, 0.3) is 0 Å². The highest BCUT2D eigenvalue weighted by atomic mass is 16.7. The number of hydrogen-bond acceptors (Lipinski definition) is 14. The lowest BCUT2D eigenvalue weighted by Gasteiger charge is -2.30. The Morgan fingerprint density at radius 2 is 0.514 bits per heavy atom. The van der Waals surface area contributed by atoms with E-state index >= 15 is 0 Å². The minimum atomic E-state index is -1.53. The Morgan fingerprint density at radius 1 is 0.297 bits per heavy atom. The number of rotatable bonds is 32. The molecule has 0 rings (SSSR count). The van der Waals surface area contributed by atoms with Gasteiger partial charge in [0.15, 0.2) is 0 Å². The van der Waals surface area contributed by atoms with Crippen LogP contribution < -0.4 is 0 Å². The molecule has 0 radical (unpaired) electrons. The predicted molar refractivity (Wildman–Crippen MR) is 130 cm³/mol. The molecule has 0 saturated carbocycles. The third kappa shape index (κ3) is 25.5. The Morgan fingerprint density at radius 3 is 0.730 bits per heavy atom. The molecule has 0 aromatic carbocycles. The van der Waals surface area contributed by atoms with Crippen LogP contribution in [-0.4, -0.2) is 172 Å². The van der Waals surface area contributed by atoms with Gasteiger partial charge in [-0.25, -0.2) is 0 Å². The van der Waals surface area contributed by atoms with Crippen molar-refractivity contribution < 1.29 is 67.8 Å². The average Bonchev–Trinajstić information content (AvgIpc) is 2.92. The summed E-state index contributed by atoms with van der Waals surface area (Å²) >= 11 is 0. The summed E-state index contributed by atoms with van der Waals surface area (Å²) in [5.74, 6) is -1.53. The first kappa shape index (κ1) is 36.4. The van der Waals surface area contributed by atoms with E-state index in [-0.39, 0.29) is 39.6 Å². The Bertz CT molecular complexity index is 394. The highest BCUT2D eigenvalue weighted by Crippen LogP contribution is 2.12. The number of ether oxygens (including phenoxy) is 10. The average molecular weight is 549 g/mol. The van der Waals surface area contributed by atoms with E-state index in [1.54, 1.807) is 0 Å². The van der Waals surface area contributed by atoms with Crippen LogP contribution in [0.3, 0.4) is 0 Å². The van der Waals surface area contributed by atoms with Gasteiger partial charge in [0.1, 0.15) is 0 Å². The molecule has 0 atom stereocenters. The van der Waals surface area contributed by atoms with Crippen LogP contribution in [0.4, 0.5) is 0 Å². The molecular weight excluding hydrogens is 500 g/mol. The summed E-state index contributed by atoms with van der Waals surface area (Å²) < 4.78 is 53.2. The van der Waals surface area contributed by atoms with Gasteiger partial charge in [-0.1, -0.05) is 0 Å². The second kappa shape index (κ2) is 30.0. The van der Waals surface area contributed by atoms with Crippen LogP contribution in [0.1, 0.15) is 0 Å². The SMILES string of the molecule is OCCOCCOCCOCCOCCOC(CO)(CO)OCCOCCOCCOCCOCCO. The predicted octanol–water partition coefficient (Wildman–Crippen LogP) is -2.18. The smallest absolute Gasteiger partial charge is 0.215 e. The first-order valence-corrected chi connectivity index (χ1v) is 12.6. The molecule has 0 saturated heterocycles. The van der Waals surface area contributed by atoms with Crippen molar-refractivity contribution in [3.8, 4) is 0 Å². The minimum absolute atomic E-state index is 0.00248. The van der Waals surface area contributed by atoms with E-state index in [0.29, 0.717) is 92.5 Å². The van der Waals surface area contributed by atoms with Gasteiger partial charge in [0.2, 0.25) is 5.79 Å². The van der Waals surface area contributed by atoms with Gasteiger partial charge < -0.3 is 67.8 Å². The minimum Gasteiger partial charge on any atom is -0.394 e. The van der Waals surface area contributed by atoms with Crippen LogP contribution in [0, 0.1) is 0 Å². The van der Waals surface area contributed by atoms with Crippen LogP contribution >= 0.6 is 0 Å². The maximum Gasteiger partial charge on any atom is 0.215 e. The fraction of sp³-hybridized carbons (Fsp3) is 1.00. The lowest BCUT2D eigenvalue weighted by Crippen LogP contribution is -2.45. The Kier molecular flexibility index (Phi) is 29.5. The van der Waals surface area contributed by atoms with E-state index in [0.717, 1.165) is 0 Å². The van der Waals surface area contributed by atoms with Crippen molar-refractivity contribution >= 4 is 0 Å². The first-order valence-electron chi connectivity index (χ1n) is 12.6. The molecule has 14 heteroatoms. The van der Waals surface area contributed by atoms with Crippen molar-refractivity contribution in [2.45, 2.75) is 5.79 Å². The van der Waals surface area contributed by atoms with Crippen LogP contribution in [0.25, 0.3) is 0 Å². The summed E-state index contributed by atoms with van der Waals surface area (Å²) in [5, 5.41) is 36.3. The molecule has 4 N–H and O–H groups in total. The molecule has 0 aromatic rings. The molecule has 224 valence electrons. The van der Waals surface area contributed by atoms with Crippen LogP contribution in [0.5, 0.6) is 0 Å². The molecule has 0 heterocycles. The number of aliphatic hydroxyl groups is 4. The largest absolute Gasteiger partial charge is 0.394 e. The molecule has 0 fully saturated rings. The zero-order chi connectivity index (χ0) is 27.1. The quantitative estimate of drug-likeness (QED) is 0.0528. The maximum absolute atomic E-state index is 9.59. The fourth-order valence-electron chi connectivity index (χ4n) is 2.50. The van der Waals surface area contributed by atoms with Gasteiger partial charge in [0, 0.05) is 0 Å². The van der Waals surface area contributed by atoms with E-state index in [4.69, 9.17) is 57.6 Å². The summed E-state index contributed by atoms with van der Waals surface area (Å²) in [5.41, 5.74) is 0. The standard InChI is InChI=1S/C23H48O14/c24-1-3-28-5-7-30-9-11-32-13-15-34-17-19-36-23(21-26,22-27)37-20-18-35-16-14-33-12-10-31-8-6-29-4-2-25/h24-27H,1-22H2. The third-order valence-corrected chi connectivity index (χ3v) is 4.37. The Balaban J connectivity index is 3.54. The molecule has 37 heavy (non-hydrogen) atoms. The van der Waals surface area contributed by atoms with Gasteiger partial charge in [-0.3, -0.25) is 0 Å². The summed E-state index contributed by atoms with van der Waals surface area (Å²) in [6.45, 7) is 5.23. The summed E-state index contributed by atoms with van der Waals surface area (Å²) in [7, 11) is 0. The summed E-state index contributed by atoms with van der Waals surface area (Å²) in [4.78, 5) is 0. The van der Waals surface area contributed by atoms with E-state index in [1.807, 2.05) is 0 Å². The molecule has 0 bridgehead atoms. The van der Waals surface area contributed by atoms with Crippen molar-refractivity contribution in [3.63, 3.8) is 0 Å². The lowest BCUT2D eigenvalue weighted by molar-refractivity contribution is -0.277. The Hall–Kier alpha value is -0.560. The summed E-state index contributed by atoms with van der Waals surface area (Å²) in [6, 6.07) is 0. The van der Waals surface area contributed by atoms with Crippen LogP contribution in [-0.2, 0) is 47.4 Å². The molecule has 0 aromatic heterocycles. The van der Waals surface area contributed by atoms with Crippen LogP contribution in [0.15, 0.2) is 0 Å². The van der Waals surface area contributed by atoms with Gasteiger partial charge in [-0.2, -0.15) is 0 Å². The van der Waals surface area contributed by atoms with E-state index < -0.39 is 19.0 Å². The molecule has 0 aliphatic rings. The van der Waals surface area contributed by atoms with Crippen molar-refractivity contribution in [1.82, 2.24) is 0 Å². The molecule has 0 unspecified atom stereocenters. The monoisotopic (exact) mass is 548 g/mol. The van der Waals surface area contributed by atoms with Crippen molar-refractivity contribution in [1.29, 1.82) is 0 Å². The number of hydrogen-bond donors (Lipinski definition) is 4. The Labute approximate surface area is 219 Å². The van der Waals surface area contributed by atoms with E-state index in [9.17, 15) is 10.2 Å². The van der Waals surface area contributed by atoms with Gasteiger partial charge in [-0.15, -0.1) is 0 Å². The topological polar surface area (TPSA) is 173 Å². The second-order valence-electron chi connectivity index (χ2n) is 7.27. The molecule has 14 nitrogen and oxygen atoms in total. The molecule has 0 spiro atoms. The zero-order valence-electron chi connectivity index (χ0n) is 21.9. The first-order chi connectivity index (χ1) is 18.2. The summed E-state index contributed by atoms with van der Waals surface area (Å²) in [6.07, 6.45) is 0. The van der Waals surface area contributed by atoms with E-state index in [2.05, 4.69) is 0 Å². The van der Waals surface area contributed by atoms with Crippen molar-refractivity contribution in [2.24, 2.45) is 0 Å². The van der Waals surface area contributed by atoms with Crippen LogP contribution in [0.2, 0.25) is 0 Å². The fourth-order valence-corrected chi connectivity index (χ4v) is 2.50. The normalized spacial score (nSPS) is 12.0. The molecule has 0 aliphatic carbocycles. The molecular formula is C23H48O14. The molecule has 0 amide bonds. The maximum atomic E-state index is 9.59. The van der Waals surface area contributed by atoms with Gasteiger partial charge in [0.05, 0.1) is 145 Å². The van der Waals surface area contributed by atoms with Crippen molar-refractivity contribution in [2.75, 3.05) is 145 Å². The highest BCUT2D eigenvalue weighted by molar-refractivity contribution is 4.67. The van der Waals surface area contributed by atoms with Gasteiger partial charge in [-0.05, 0) is 0 Å². The molecule has 0 aliphatic heterocycles. The number of aliphatic hydroxyl groups excluding tert-OH is 4. The third-order valence-electron chi connectivity index (χ3n) is 4.37. The zero-order valence-corrected chi connectivity index (χ0v) is 21.9.